The highest BCUT2D eigenvalue weighted by Crippen LogP contribution is 2.16. The number of urea groups is 1. The molecule has 2 N–H and O–H groups in total. The molecule has 0 radical (unpaired) electrons. The van der Waals surface area contributed by atoms with Crippen molar-refractivity contribution in [3.63, 3.8) is 0 Å². The molecule has 1 rings (SSSR count). The molecule has 1 aromatic rings. The monoisotopic (exact) mass is 292 g/mol. The van der Waals surface area contributed by atoms with E-state index >= 15 is 0 Å². The predicted molar refractivity (Wildman–Crippen MR) is 87.4 cm³/mol. The fourth-order valence-corrected chi connectivity index (χ4v) is 2.26. The number of carbonyl (C=O) groups excluding carboxylic acids is 1. The van der Waals surface area contributed by atoms with Crippen molar-refractivity contribution in [2.24, 2.45) is 5.92 Å². The molecule has 0 spiro atoms. The van der Waals surface area contributed by atoms with Gasteiger partial charge < -0.3 is 15.3 Å². The van der Waals surface area contributed by atoms with Gasteiger partial charge in [-0.1, -0.05) is 38.8 Å². The largest absolute Gasteiger partial charge is 0.389 e. The van der Waals surface area contributed by atoms with E-state index in [4.69, 9.17) is 0 Å². The van der Waals surface area contributed by atoms with Crippen molar-refractivity contribution in [2.75, 3.05) is 18.4 Å². The number of nitrogens with one attached hydrogen (secondary N) is 1. The molecule has 4 heteroatoms. The number of amides is 2. The van der Waals surface area contributed by atoms with Crippen LogP contribution in [-0.2, 0) is 0 Å². The van der Waals surface area contributed by atoms with Crippen LogP contribution in [-0.4, -0.2) is 29.1 Å². The third-order valence-corrected chi connectivity index (χ3v) is 3.95. The Labute approximate surface area is 128 Å². The lowest BCUT2D eigenvalue weighted by molar-refractivity contribution is 0.199. The molecule has 4 nitrogen and oxygen atoms in total. The first-order valence-corrected chi connectivity index (χ1v) is 7.85. The van der Waals surface area contributed by atoms with Crippen LogP contribution in [0.1, 0.15) is 52.2 Å². The molecule has 2 amide bonds. The van der Waals surface area contributed by atoms with Gasteiger partial charge in [0, 0.05) is 18.8 Å². The first kappa shape index (κ1) is 17.5. The Morgan fingerprint density at radius 2 is 1.76 bits per heavy atom. The van der Waals surface area contributed by atoms with Gasteiger partial charge in [0.05, 0.1) is 6.10 Å². The SMILES string of the molecule is CCC(CC)CN(CC)C(=O)Nc1ccc(C(C)O)cc1. The highest BCUT2D eigenvalue weighted by atomic mass is 16.3. The standard InChI is InChI=1S/C17H28N2O2/c1-5-14(6-2)12-19(7-3)17(21)18-16-10-8-15(9-11-16)13(4)20/h8-11,13-14,20H,5-7,12H2,1-4H3,(H,18,21). The van der Waals surface area contributed by atoms with Crippen LogP contribution in [0.15, 0.2) is 24.3 Å². The summed E-state index contributed by atoms with van der Waals surface area (Å²) in [6.45, 7) is 9.54. The lowest BCUT2D eigenvalue weighted by Gasteiger charge is -2.25. The zero-order chi connectivity index (χ0) is 15.8. The van der Waals surface area contributed by atoms with Crippen LogP contribution < -0.4 is 5.32 Å². The number of anilines is 1. The average molecular weight is 292 g/mol. The Kier molecular flexibility index (Phi) is 7.23. The summed E-state index contributed by atoms with van der Waals surface area (Å²) in [6.07, 6.45) is 1.68. The van der Waals surface area contributed by atoms with E-state index in [2.05, 4.69) is 19.2 Å². The minimum absolute atomic E-state index is 0.0609. The molecule has 0 saturated carbocycles. The molecule has 0 bridgehead atoms. The topological polar surface area (TPSA) is 52.6 Å². The van der Waals surface area contributed by atoms with Crippen LogP contribution in [0.25, 0.3) is 0 Å². The highest BCUT2D eigenvalue weighted by Gasteiger charge is 2.15. The van der Waals surface area contributed by atoms with E-state index < -0.39 is 6.10 Å². The van der Waals surface area contributed by atoms with Crippen LogP contribution >= 0.6 is 0 Å². The molecule has 0 fully saturated rings. The van der Waals surface area contributed by atoms with Crippen molar-refractivity contribution in [1.82, 2.24) is 4.90 Å². The van der Waals surface area contributed by atoms with Crippen molar-refractivity contribution in [1.29, 1.82) is 0 Å². The number of aliphatic hydroxyl groups is 1. The van der Waals surface area contributed by atoms with Crippen molar-refractivity contribution in [3.8, 4) is 0 Å². The average Bonchev–Trinajstić information content (AvgIpc) is 2.49. The zero-order valence-electron chi connectivity index (χ0n) is 13.6. The van der Waals surface area contributed by atoms with E-state index in [9.17, 15) is 9.90 Å². The highest BCUT2D eigenvalue weighted by molar-refractivity contribution is 5.89. The maximum absolute atomic E-state index is 12.3. The Bertz CT molecular complexity index is 425. The summed E-state index contributed by atoms with van der Waals surface area (Å²) < 4.78 is 0. The van der Waals surface area contributed by atoms with E-state index in [-0.39, 0.29) is 6.03 Å². The molecule has 0 saturated heterocycles. The summed E-state index contributed by atoms with van der Waals surface area (Å²) in [4.78, 5) is 14.1. The van der Waals surface area contributed by atoms with Gasteiger partial charge in [-0.3, -0.25) is 0 Å². The second kappa shape index (κ2) is 8.67. The number of hydrogen-bond donors (Lipinski definition) is 2. The van der Waals surface area contributed by atoms with E-state index in [1.54, 1.807) is 6.92 Å². The van der Waals surface area contributed by atoms with Gasteiger partial charge in [-0.15, -0.1) is 0 Å². The number of carbonyl (C=O) groups is 1. The van der Waals surface area contributed by atoms with E-state index in [0.29, 0.717) is 12.5 Å². The first-order valence-electron chi connectivity index (χ1n) is 7.85. The van der Waals surface area contributed by atoms with Crippen molar-refractivity contribution in [2.45, 2.75) is 46.6 Å². The molecular formula is C17H28N2O2. The van der Waals surface area contributed by atoms with E-state index in [0.717, 1.165) is 30.6 Å². The third kappa shape index (κ3) is 5.38. The quantitative estimate of drug-likeness (QED) is 0.797. The summed E-state index contributed by atoms with van der Waals surface area (Å²) >= 11 is 0. The second-order valence-corrected chi connectivity index (χ2v) is 5.45. The Hall–Kier alpha value is -1.55. The van der Waals surface area contributed by atoms with Crippen LogP contribution in [0.2, 0.25) is 0 Å². The molecule has 1 atom stereocenters. The predicted octanol–water partition coefficient (Wildman–Crippen LogP) is 4.03. The number of benzene rings is 1. The van der Waals surface area contributed by atoms with Gasteiger partial charge in [0.25, 0.3) is 0 Å². The zero-order valence-corrected chi connectivity index (χ0v) is 13.6. The van der Waals surface area contributed by atoms with Gasteiger partial charge >= 0.3 is 6.03 Å². The summed E-state index contributed by atoms with van der Waals surface area (Å²) in [7, 11) is 0. The van der Waals surface area contributed by atoms with Gasteiger partial charge in [0.15, 0.2) is 0 Å². The van der Waals surface area contributed by atoms with Gasteiger partial charge in [-0.25, -0.2) is 4.79 Å². The summed E-state index contributed by atoms with van der Waals surface area (Å²) in [6, 6.07) is 7.25. The van der Waals surface area contributed by atoms with Gasteiger partial charge in [0.1, 0.15) is 0 Å². The second-order valence-electron chi connectivity index (χ2n) is 5.45. The van der Waals surface area contributed by atoms with Crippen molar-refractivity contribution < 1.29 is 9.90 Å². The van der Waals surface area contributed by atoms with Gasteiger partial charge in [0.2, 0.25) is 0 Å². The molecular weight excluding hydrogens is 264 g/mol. The minimum atomic E-state index is -0.489. The lowest BCUT2D eigenvalue weighted by atomic mass is 10.0. The fraction of sp³-hybridized carbons (Fsp3) is 0.588. The maximum Gasteiger partial charge on any atom is 0.321 e. The van der Waals surface area contributed by atoms with Gasteiger partial charge in [-0.05, 0) is 37.5 Å². The first-order chi connectivity index (χ1) is 10.0. The number of rotatable bonds is 7. The molecule has 0 heterocycles. The normalized spacial score (nSPS) is 12.3. The molecule has 1 unspecified atom stereocenters. The molecule has 118 valence electrons. The summed E-state index contributed by atoms with van der Waals surface area (Å²) in [5.41, 5.74) is 1.60. The molecule has 0 aliphatic carbocycles. The fourth-order valence-electron chi connectivity index (χ4n) is 2.26. The maximum atomic E-state index is 12.3. The van der Waals surface area contributed by atoms with E-state index in [1.807, 2.05) is 36.1 Å². The summed E-state index contributed by atoms with van der Waals surface area (Å²) in [5.74, 6) is 0.549. The van der Waals surface area contributed by atoms with Gasteiger partial charge in [-0.2, -0.15) is 0 Å². The molecule has 1 aromatic carbocycles. The third-order valence-electron chi connectivity index (χ3n) is 3.95. The number of hydrogen-bond acceptors (Lipinski definition) is 2. The minimum Gasteiger partial charge on any atom is -0.389 e. The number of aliphatic hydroxyl groups excluding tert-OH is 1. The van der Waals surface area contributed by atoms with Crippen molar-refractivity contribution in [3.05, 3.63) is 29.8 Å². The van der Waals surface area contributed by atoms with Crippen LogP contribution in [0, 0.1) is 5.92 Å². The summed E-state index contributed by atoms with van der Waals surface area (Å²) in [5, 5.41) is 12.4. The van der Waals surface area contributed by atoms with Crippen LogP contribution in [0.4, 0.5) is 10.5 Å². The lowest BCUT2D eigenvalue weighted by Crippen LogP contribution is -2.38. The van der Waals surface area contributed by atoms with Crippen molar-refractivity contribution >= 4 is 11.7 Å². The molecule has 0 aliphatic rings. The van der Waals surface area contributed by atoms with Crippen LogP contribution in [0.5, 0.6) is 0 Å². The Balaban J connectivity index is 2.65. The number of nitrogens with zero attached hydrogens (tertiary/aromatic N) is 1. The van der Waals surface area contributed by atoms with Crippen LogP contribution in [0.3, 0.4) is 0 Å². The Morgan fingerprint density at radius 1 is 1.19 bits per heavy atom. The molecule has 21 heavy (non-hydrogen) atoms. The Morgan fingerprint density at radius 3 is 2.19 bits per heavy atom. The smallest absolute Gasteiger partial charge is 0.321 e. The molecule has 0 aliphatic heterocycles. The molecule has 0 aromatic heterocycles. The van der Waals surface area contributed by atoms with E-state index in [1.165, 1.54) is 0 Å².